The molecule has 0 spiro atoms. The van der Waals surface area contributed by atoms with Crippen LogP contribution in [0, 0.1) is 0 Å². The zero-order chi connectivity index (χ0) is 34.6. The predicted octanol–water partition coefficient (Wildman–Crippen LogP) is 13.6. The molecule has 0 fully saturated rings. The van der Waals surface area contributed by atoms with Gasteiger partial charge in [-0.1, -0.05) is 115 Å². The van der Waals surface area contributed by atoms with Gasteiger partial charge < -0.3 is 13.9 Å². The summed E-state index contributed by atoms with van der Waals surface area (Å²) in [6.07, 6.45) is 0. The van der Waals surface area contributed by atoms with E-state index in [2.05, 4.69) is 185 Å². The fraction of sp³-hybridized carbons (Fsp3) is 0. The fourth-order valence-corrected chi connectivity index (χ4v) is 8.94. The highest BCUT2D eigenvalue weighted by Gasteiger charge is 2.25. The van der Waals surface area contributed by atoms with E-state index in [1.54, 1.807) is 0 Å². The molecule has 0 N–H and O–H groups in total. The predicted molar refractivity (Wildman–Crippen MR) is 221 cm³/mol. The standard InChI is InChI=1S/C50H30N2O/c1-2-13-35(14-3-1)51-43-19-8-6-15-37(43)41-28-33(22-25-44(41)51)34-23-26-45-42(29-34)49-40-18-10-17-39-38-16-7-9-20-47(38)53-48(50(39)40)30-46(49)52(45)36-24-21-31-11-4-5-12-32(31)27-36/h1-30H. The average molecular weight is 675 g/mol. The molecule has 0 unspecified atom stereocenters. The first-order chi connectivity index (χ1) is 26.3. The fourth-order valence-electron chi connectivity index (χ4n) is 8.94. The Morgan fingerprint density at radius 2 is 0.981 bits per heavy atom. The molecule has 0 bridgehead atoms. The van der Waals surface area contributed by atoms with Crippen LogP contribution in [0.15, 0.2) is 182 Å². The smallest absolute Gasteiger partial charge is 0.138 e. The Kier molecular flexibility index (Phi) is 5.77. The summed E-state index contributed by atoms with van der Waals surface area (Å²) in [6.45, 7) is 0. The highest BCUT2D eigenvalue weighted by molar-refractivity contribution is 6.26. The molecule has 246 valence electrons. The van der Waals surface area contributed by atoms with Gasteiger partial charge in [0.2, 0.25) is 0 Å². The summed E-state index contributed by atoms with van der Waals surface area (Å²) < 4.78 is 11.5. The van der Waals surface area contributed by atoms with Crippen molar-refractivity contribution in [2.45, 2.75) is 0 Å². The van der Waals surface area contributed by atoms with Crippen LogP contribution in [0.3, 0.4) is 0 Å². The first kappa shape index (κ1) is 28.6. The van der Waals surface area contributed by atoms with Crippen molar-refractivity contribution in [1.29, 1.82) is 0 Å². The zero-order valence-corrected chi connectivity index (χ0v) is 28.6. The third-order valence-electron chi connectivity index (χ3n) is 11.3. The second kappa shape index (κ2) is 10.7. The molecule has 0 atom stereocenters. The second-order valence-corrected chi connectivity index (χ2v) is 14.1. The van der Waals surface area contributed by atoms with Gasteiger partial charge in [0.25, 0.3) is 0 Å². The lowest BCUT2D eigenvalue weighted by atomic mass is 9.92. The summed E-state index contributed by atoms with van der Waals surface area (Å²) >= 11 is 0. The molecular weight excluding hydrogens is 645 g/mol. The van der Waals surface area contributed by atoms with Crippen molar-refractivity contribution in [2.75, 3.05) is 0 Å². The van der Waals surface area contributed by atoms with Gasteiger partial charge in [0.15, 0.2) is 0 Å². The first-order valence-corrected chi connectivity index (χ1v) is 18.2. The monoisotopic (exact) mass is 674 g/mol. The van der Waals surface area contributed by atoms with E-state index < -0.39 is 0 Å². The average Bonchev–Trinajstić information content (AvgIpc) is 3.73. The summed E-state index contributed by atoms with van der Waals surface area (Å²) in [5, 5.41) is 9.77. The third kappa shape index (κ3) is 4.05. The van der Waals surface area contributed by atoms with E-state index in [9.17, 15) is 0 Å². The van der Waals surface area contributed by atoms with E-state index in [0.29, 0.717) is 0 Å². The number of hydrogen-bond donors (Lipinski definition) is 0. The summed E-state index contributed by atoms with van der Waals surface area (Å²) in [6, 6.07) is 66.0. The van der Waals surface area contributed by atoms with E-state index in [1.165, 1.54) is 76.6 Å². The minimum absolute atomic E-state index is 0.895. The van der Waals surface area contributed by atoms with Crippen molar-refractivity contribution in [3.8, 4) is 45.1 Å². The highest BCUT2D eigenvalue weighted by Crippen LogP contribution is 2.51. The Bertz CT molecular complexity index is 3310. The maximum Gasteiger partial charge on any atom is 0.138 e. The van der Waals surface area contributed by atoms with Gasteiger partial charge in [-0.15, -0.1) is 0 Å². The second-order valence-electron chi connectivity index (χ2n) is 14.1. The van der Waals surface area contributed by atoms with Crippen LogP contribution < -0.4 is 4.74 Å². The number of hydrogen-bond acceptors (Lipinski definition) is 1. The van der Waals surface area contributed by atoms with Crippen molar-refractivity contribution < 1.29 is 4.74 Å². The molecule has 0 radical (unpaired) electrons. The molecule has 53 heavy (non-hydrogen) atoms. The van der Waals surface area contributed by atoms with E-state index in [4.69, 9.17) is 4.74 Å². The van der Waals surface area contributed by atoms with Gasteiger partial charge in [0.1, 0.15) is 11.5 Å². The molecule has 3 heterocycles. The lowest BCUT2D eigenvalue weighted by molar-refractivity contribution is 0.487. The Morgan fingerprint density at radius 3 is 1.87 bits per heavy atom. The normalized spacial score (nSPS) is 12.3. The summed E-state index contributed by atoms with van der Waals surface area (Å²) in [5.41, 5.74) is 11.7. The van der Waals surface area contributed by atoms with Gasteiger partial charge in [-0.3, -0.25) is 0 Å². The number of nitrogens with zero attached hydrogens (tertiary/aromatic N) is 2. The van der Waals surface area contributed by atoms with Crippen molar-refractivity contribution in [1.82, 2.24) is 9.13 Å². The SMILES string of the molecule is c1ccc(-n2c3ccccc3c3cc(-c4ccc5c(c4)c4c6cccc7c6c(cc4n5-c4ccc5ccccc5c4)Oc4ccccc4-7)ccc32)cc1. The summed E-state index contributed by atoms with van der Waals surface area (Å²) in [7, 11) is 0. The van der Waals surface area contributed by atoms with Crippen molar-refractivity contribution in [2.24, 2.45) is 0 Å². The minimum atomic E-state index is 0.895. The maximum absolute atomic E-state index is 6.70. The number of para-hydroxylation sites is 3. The summed E-state index contributed by atoms with van der Waals surface area (Å²) in [4.78, 5) is 0. The van der Waals surface area contributed by atoms with E-state index in [1.807, 2.05) is 6.07 Å². The molecule has 2 aromatic heterocycles. The van der Waals surface area contributed by atoms with Crippen LogP contribution in [0.2, 0.25) is 0 Å². The molecule has 12 rings (SSSR count). The third-order valence-corrected chi connectivity index (χ3v) is 11.3. The van der Waals surface area contributed by atoms with Crippen LogP contribution in [0.5, 0.6) is 11.5 Å². The van der Waals surface area contributed by atoms with E-state index in [-0.39, 0.29) is 0 Å². The number of rotatable bonds is 3. The van der Waals surface area contributed by atoms with Crippen molar-refractivity contribution >= 4 is 65.2 Å². The van der Waals surface area contributed by atoms with Gasteiger partial charge in [0.05, 0.1) is 22.1 Å². The van der Waals surface area contributed by atoms with Gasteiger partial charge >= 0.3 is 0 Å². The first-order valence-electron chi connectivity index (χ1n) is 18.2. The Morgan fingerprint density at radius 1 is 0.321 bits per heavy atom. The molecule has 0 aliphatic carbocycles. The molecule has 11 aromatic rings. The Labute approximate surface area is 305 Å². The lowest BCUT2D eigenvalue weighted by Crippen LogP contribution is -1.98. The van der Waals surface area contributed by atoms with Crippen LogP contribution >= 0.6 is 0 Å². The number of fused-ring (bicyclic) bond motifs is 10. The molecule has 1 aliphatic heterocycles. The lowest BCUT2D eigenvalue weighted by Gasteiger charge is -2.22. The molecule has 0 saturated carbocycles. The van der Waals surface area contributed by atoms with Crippen LogP contribution in [0.25, 0.3) is 98.8 Å². The molecule has 3 nitrogen and oxygen atoms in total. The Balaban J connectivity index is 1.15. The van der Waals surface area contributed by atoms with E-state index in [0.717, 1.165) is 33.7 Å². The maximum atomic E-state index is 6.70. The van der Waals surface area contributed by atoms with Crippen LogP contribution in [-0.4, -0.2) is 9.13 Å². The topological polar surface area (TPSA) is 19.1 Å². The number of aromatic nitrogens is 2. The molecule has 1 aliphatic rings. The zero-order valence-electron chi connectivity index (χ0n) is 28.6. The largest absolute Gasteiger partial charge is 0.456 e. The number of ether oxygens (including phenoxy) is 1. The summed E-state index contributed by atoms with van der Waals surface area (Å²) in [5.74, 6) is 1.79. The quantitative estimate of drug-likeness (QED) is 0.183. The van der Waals surface area contributed by atoms with Crippen LogP contribution in [0.4, 0.5) is 0 Å². The Hall–Kier alpha value is -7.10. The van der Waals surface area contributed by atoms with Gasteiger partial charge in [-0.25, -0.2) is 0 Å². The highest BCUT2D eigenvalue weighted by atomic mass is 16.5. The van der Waals surface area contributed by atoms with Gasteiger partial charge in [-0.2, -0.15) is 0 Å². The molecule has 0 saturated heterocycles. The molecule has 3 heteroatoms. The van der Waals surface area contributed by atoms with E-state index >= 15 is 0 Å². The van der Waals surface area contributed by atoms with Crippen LogP contribution in [0.1, 0.15) is 0 Å². The van der Waals surface area contributed by atoms with Crippen molar-refractivity contribution in [3.05, 3.63) is 182 Å². The van der Waals surface area contributed by atoms with Crippen molar-refractivity contribution in [3.63, 3.8) is 0 Å². The van der Waals surface area contributed by atoms with Crippen LogP contribution in [-0.2, 0) is 0 Å². The van der Waals surface area contributed by atoms with Gasteiger partial charge in [-0.05, 0) is 93.5 Å². The minimum Gasteiger partial charge on any atom is -0.456 e. The molecule has 9 aromatic carbocycles. The molecular formula is C50H30N2O. The number of benzene rings is 9. The van der Waals surface area contributed by atoms with Gasteiger partial charge in [0, 0.05) is 49.9 Å². The molecule has 0 amide bonds.